The van der Waals surface area contributed by atoms with E-state index in [-0.39, 0.29) is 0 Å². The Kier molecular flexibility index (Phi) is 19.0. The number of para-hydroxylation sites is 3. The van der Waals surface area contributed by atoms with Gasteiger partial charge < -0.3 is 0 Å². The fraction of sp³-hybridized carbons (Fsp3) is 0. The van der Waals surface area contributed by atoms with E-state index in [0.717, 1.165) is 78.2 Å². The van der Waals surface area contributed by atoms with Crippen LogP contribution in [0.4, 0.5) is 0 Å². The second kappa shape index (κ2) is 32.6. The van der Waals surface area contributed by atoms with Crippen LogP contribution in [-0.2, 0) is 0 Å². The summed E-state index contributed by atoms with van der Waals surface area (Å²) in [6, 6.07) is 135. The molecule has 0 radical (unpaired) electrons. The van der Waals surface area contributed by atoms with Gasteiger partial charge in [0, 0.05) is 136 Å². The molecular weight excluding hydrogens is 1680 g/mol. The van der Waals surface area contributed by atoms with Crippen molar-refractivity contribution in [2.24, 2.45) is 0 Å². The summed E-state index contributed by atoms with van der Waals surface area (Å²) < 4.78 is 14.3. The molecule has 0 aliphatic rings. The molecule has 15 aromatic carbocycles. The normalized spacial score (nSPS) is 11.6. The molecule has 0 N–H and O–H groups in total. The fourth-order valence-electron chi connectivity index (χ4n) is 18.1. The largest absolute Gasteiger partial charge is 0.292 e. The van der Waals surface area contributed by atoms with Gasteiger partial charge in [-0.05, 0) is 60.7 Å². The predicted molar refractivity (Wildman–Crippen MR) is 541 cm³/mol. The Morgan fingerprint density at radius 3 is 0.841 bits per heavy atom. The number of pyridine rings is 2. The summed E-state index contributed by atoms with van der Waals surface area (Å²) in [6.07, 6.45) is 5.48. The second-order valence-electron chi connectivity index (χ2n) is 32.0. The molecule has 16 nitrogen and oxygen atoms in total. The monoisotopic (exact) mass is 1740 g/mol. The molecule has 12 heterocycles. The van der Waals surface area contributed by atoms with Gasteiger partial charge in [0.1, 0.15) is 17.3 Å². The first-order valence-electron chi connectivity index (χ1n) is 43.3. The highest BCUT2D eigenvalue weighted by Crippen LogP contribution is 2.48. The molecule has 0 saturated heterocycles. The summed E-state index contributed by atoms with van der Waals surface area (Å²) in [5.41, 5.74) is 14.6. The average molecular weight is 1750 g/mol. The van der Waals surface area contributed by atoms with Gasteiger partial charge in [-0.3, -0.25) is 13.7 Å². The van der Waals surface area contributed by atoms with E-state index in [9.17, 15) is 0 Å². The van der Waals surface area contributed by atoms with Crippen molar-refractivity contribution in [3.05, 3.63) is 413 Å². The standard InChI is InChI=1S/2C38H23N5S.C37H22N6S/c1-3-12-24(13-4-1)36-40-37(25-14-5-2-6-15-25)42-38(41-36)30-18-11-21-33(39-30)43-31-19-9-7-16-26(31)28-22-23-29-27-17-8-10-20-32(27)44-35(29)34(28)43;1-3-11-24(12-4-1)36-40-37(25-13-5-2-6-14-25)42-38(41-36)26-21-22-39-33(23-26)43-31-17-9-7-15-27(31)29-19-20-30-28-16-8-10-18-32(28)44-35(30)34(29)43;1-3-11-23(12-4-1)34-40-35(24-13-5-2-6-14-24)42-36(41-34)25-21-38-37(39-22-25)43-30-17-9-7-15-26(30)28-19-20-29-27-16-8-10-18-31(27)44-33(29)32(28)43/h2*1-23H;1-22H. The van der Waals surface area contributed by atoms with Crippen molar-refractivity contribution in [1.82, 2.24) is 78.5 Å². The predicted octanol–water partition coefficient (Wildman–Crippen LogP) is 28.6. The van der Waals surface area contributed by atoms with E-state index in [0.29, 0.717) is 64.1 Å². The number of nitrogens with zero attached hydrogens (tertiary/aromatic N) is 16. The zero-order chi connectivity index (χ0) is 87.1. The first kappa shape index (κ1) is 77.1. The summed E-state index contributed by atoms with van der Waals surface area (Å²) in [5, 5.41) is 14.8. The van der Waals surface area contributed by atoms with E-state index >= 15 is 0 Å². The fourth-order valence-corrected chi connectivity index (χ4v) is 21.8. The Balaban J connectivity index is 0.000000106. The molecule has 0 atom stereocenters. The third-order valence-electron chi connectivity index (χ3n) is 24.2. The van der Waals surface area contributed by atoms with Crippen LogP contribution >= 0.6 is 34.0 Å². The molecule has 19 heteroatoms. The molecule has 618 valence electrons. The zero-order valence-corrected chi connectivity index (χ0v) is 72.6. The number of rotatable bonds is 12. The van der Waals surface area contributed by atoms with Gasteiger partial charge in [0.05, 0.1) is 52.8 Å². The topological polar surface area (TPSA) is 182 Å². The van der Waals surface area contributed by atoms with Crippen LogP contribution in [0.5, 0.6) is 0 Å². The molecular formula is C113H68N16S3. The number of hydrogen-bond acceptors (Lipinski definition) is 16. The minimum Gasteiger partial charge on any atom is -0.292 e. The lowest BCUT2D eigenvalue weighted by Gasteiger charge is -2.11. The van der Waals surface area contributed by atoms with Crippen molar-refractivity contribution in [1.29, 1.82) is 0 Å². The van der Waals surface area contributed by atoms with Gasteiger partial charge in [-0.25, -0.2) is 64.8 Å². The number of benzene rings is 15. The molecule has 12 aromatic heterocycles. The lowest BCUT2D eigenvalue weighted by molar-refractivity contribution is 0.984. The van der Waals surface area contributed by atoms with Crippen LogP contribution in [0.2, 0.25) is 0 Å². The molecule has 0 amide bonds. The highest BCUT2D eigenvalue weighted by Gasteiger charge is 2.26. The van der Waals surface area contributed by atoms with Crippen LogP contribution in [0, 0.1) is 0 Å². The summed E-state index contributed by atoms with van der Waals surface area (Å²) in [4.78, 5) is 64.0. The third kappa shape index (κ3) is 13.6. The minimum atomic E-state index is 0.526. The molecule has 132 heavy (non-hydrogen) atoms. The van der Waals surface area contributed by atoms with Crippen LogP contribution in [0.3, 0.4) is 0 Å². The summed E-state index contributed by atoms with van der Waals surface area (Å²) in [5.74, 6) is 7.62. The maximum absolute atomic E-state index is 5.23. The number of aromatic nitrogens is 16. The van der Waals surface area contributed by atoms with E-state index in [1.54, 1.807) is 0 Å². The maximum Gasteiger partial charge on any atom is 0.234 e. The Bertz CT molecular complexity index is 8630. The van der Waals surface area contributed by atoms with Gasteiger partial charge >= 0.3 is 0 Å². The quantitative estimate of drug-likeness (QED) is 0.113. The Labute approximate surface area is 765 Å². The first-order valence-corrected chi connectivity index (χ1v) is 45.8. The number of thiophene rings is 3. The van der Waals surface area contributed by atoms with Gasteiger partial charge in [-0.2, -0.15) is 0 Å². The van der Waals surface area contributed by atoms with E-state index in [1.165, 1.54) is 104 Å². The van der Waals surface area contributed by atoms with E-state index < -0.39 is 0 Å². The minimum absolute atomic E-state index is 0.526. The lowest BCUT2D eigenvalue weighted by Crippen LogP contribution is -2.03. The molecule has 0 aliphatic carbocycles. The van der Waals surface area contributed by atoms with Crippen LogP contribution in [0.1, 0.15) is 0 Å². The SMILES string of the molecule is c1ccc(-c2nc(-c3ccccc3)nc(-c3cccc(-n4c5ccccc5c5ccc6c7ccccc7sc6c54)n3)n2)cc1.c1ccc(-c2nc(-c3ccccc3)nc(-c3ccnc(-n4c5ccccc5c5ccc6c7ccccc7sc6c54)c3)n2)cc1.c1ccc(-c2nc(-c3ccccc3)nc(-c3cnc(-n4c5ccccc5c5ccc6c7ccccc7sc6c54)nc3)n2)cc1. The van der Waals surface area contributed by atoms with Crippen molar-refractivity contribution in [3.63, 3.8) is 0 Å². The molecule has 0 fully saturated rings. The van der Waals surface area contributed by atoms with Crippen LogP contribution in [-0.4, -0.2) is 78.5 Å². The van der Waals surface area contributed by atoms with Gasteiger partial charge in [0.25, 0.3) is 0 Å². The maximum atomic E-state index is 5.23. The second-order valence-corrected chi connectivity index (χ2v) is 35.2. The zero-order valence-electron chi connectivity index (χ0n) is 70.1. The molecule has 0 unspecified atom stereocenters. The molecule has 27 aromatic rings. The number of fused-ring (bicyclic) bond motifs is 21. The van der Waals surface area contributed by atoms with Crippen molar-refractivity contribution in [3.8, 4) is 120 Å². The number of hydrogen-bond donors (Lipinski definition) is 0. The summed E-state index contributed by atoms with van der Waals surface area (Å²) in [6.45, 7) is 0. The molecule has 27 rings (SSSR count). The van der Waals surface area contributed by atoms with E-state index in [2.05, 4.69) is 208 Å². The molecule has 0 saturated carbocycles. The van der Waals surface area contributed by atoms with Gasteiger partial charge in [0.15, 0.2) is 52.4 Å². The van der Waals surface area contributed by atoms with Crippen LogP contribution in [0.25, 0.3) is 246 Å². The molecule has 0 spiro atoms. The Morgan fingerprint density at radius 2 is 0.470 bits per heavy atom. The Morgan fingerprint density at radius 1 is 0.182 bits per heavy atom. The van der Waals surface area contributed by atoms with Crippen molar-refractivity contribution in [2.45, 2.75) is 0 Å². The smallest absolute Gasteiger partial charge is 0.234 e. The lowest BCUT2D eigenvalue weighted by atomic mass is 10.1. The highest BCUT2D eigenvalue weighted by molar-refractivity contribution is 7.27. The van der Waals surface area contributed by atoms with Gasteiger partial charge in [-0.1, -0.05) is 334 Å². The molecule has 0 aliphatic heterocycles. The van der Waals surface area contributed by atoms with Gasteiger partial charge in [-0.15, -0.1) is 34.0 Å². The molecule has 0 bridgehead atoms. The first-order chi connectivity index (χ1) is 65.4. The van der Waals surface area contributed by atoms with Gasteiger partial charge in [0.2, 0.25) is 5.95 Å². The van der Waals surface area contributed by atoms with E-state index in [4.69, 9.17) is 64.8 Å². The van der Waals surface area contributed by atoms with Crippen LogP contribution < -0.4 is 0 Å². The Hall–Kier alpha value is -17.2. The van der Waals surface area contributed by atoms with Crippen LogP contribution in [0.15, 0.2) is 413 Å². The average Bonchev–Trinajstić information content (AvgIpc) is 1.57. The third-order valence-corrected chi connectivity index (χ3v) is 27.7. The van der Waals surface area contributed by atoms with Crippen molar-refractivity contribution in [2.75, 3.05) is 0 Å². The van der Waals surface area contributed by atoms with E-state index in [1.807, 2.05) is 253 Å². The highest BCUT2D eigenvalue weighted by atomic mass is 32.1. The summed E-state index contributed by atoms with van der Waals surface area (Å²) in [7, 11) is 0. The summed E-state index contributed by atoms with van der Waals surface area (Å²) >= 11 is 5.48. The van der Waals surface area contributed by atoms with Crippen molar-refractivity contribution < 1.29 is 0 Å². The van der Waals surface area contributed by atoms with Crippen molar-refractivity contribution >= 4 is 160 Å².